The van der Waals surface area contributed by atoms with E-state index in [1.807, 2.05) is 21.1 Å². The number of hydrogen-bond acceptors (Lipinski definition) is 3. The number of rotatable bonds is 6. The van der Waals surface area contributed by atoms with Crippen LogP contribution < -0.4 is 0 Å². The van der Waals surface area contributed by atoms with Crippen LogP contribution in [0.2, 0.25) is 0 Å². The van der Waals surface area contributed by atoms with Crippen molar-refractivity contribution >= 4 is 11.9 Å². The van der Waals surface area contributed by atoms with Gasteiger partial charge in [-0.3, -0.25) is 9.59 Å². The number of carboxylic acids is 1. The first-order valence-corrected chi connectivity index (χ1v) is 6.54. The van der Waals surface area contributed by atoms with Crippen molar-refractivity contribution < 1.29 is 14.7 Å². The second kappa shape index (κ2) is 6.73. The molecule has 0 aromatic rings. The zero-order valence-electron chi connectivity index (χ0n) is 11.6. The van der Waals surface area contributed by atoms with Gasteiger partial charge in [-0.1, -0.05) is 0 Å². The molecule has 104 valence electrons. The van der Waals surface area contributed by atoms with Crippen LogP contribution in [0.25, 0.3) is 0 Å². The lowest BCUT2D eigenvalue weighted by molar-refractivity contribution is -0.141. The molecule has 0 bridgehead atoms. The normalized spacial score (nSPS) is 23.3. The molecule has 0 aliphatic heterocycles. The number of carbonyl (C=O) groups excluding carboxylic acids is 1. The lowest BCUT2D eigenvalue weighted by Crippen LogP contribution is -2.34. The van der Waals surface area contributed by atoms with Crippen molar-refractivity contribution in [3.05, 3.63) is 0 Å². The molecular formula is C13H24N2O3. The lowest BCUT2D eigenvalue weighted by atomic mass is 10.0. The van der Waals surface area contributed by atoms with Crippen molar-refractivity contribution in [1.82, 2.24) is 9.80 Å². The lowest BCUT2D eigenvalue weighted by Gasteiger charge is -2.21. The Balaban J connectivity index is 2.33. The van der Waals surface area contributed by atoms with Crippen LogP contribution in [0.15, 0.2) is 0 Å². The SMILES string of the molecule is CN(C)CCCN(C)C(=O)[C@@H]1CC[C@H](C(=O)O)C1. The van der Waals surface area contributed by atoms with Crippen molar-refractivity contribution in [2.24, 2.45) is 11.8 Å². The molecule has 0 heterocycles. The van der Waals surface area contributed by atoms with E-state index in [4.69, 9.17) is 5.11 Å². The van der Waals surface area contributed by atoms with Gasteiger partial charge in [0.1, 0.15) is 0 Å². The summed E-state index contributed by atoms with van der Waals surface area (Å²) in [7, 11) is 5.83. The maximum atomic E-state index is 12.1. The molecule has 1 fully saturated rings. The maximum absolute atomic E-state index is 12.1. The summed E-state index contributed by atoms with van der Waals surface area (Å²) in [6, 6.07) is 0. The van der Waals surface area contributed by atoms with E-state index in [-0.39, 0.29) is 17.7 Å². The van der Waals surface area contributed by atoms with Gasteiger partial charge in [0.25, 0.3) is 0 Å². The fraction of sp³-hybridized carbons (Fsp3) is 0.846. The third-order valence-electron chi connectivity index (χ3n) is 3.61. The highest BCUT2D eigenvalue weighted by Crippen LogP contribution is 2.32. The topological polar surface area (TPSA) is 60.9 Å². The second-order valence-electron chi connectivity index (χ2n) is 5.46. The molecule has 1 saturated carbocycles. The van der Waals surface area contributed by atoms with E-state index < -0.39 is 5.97 Å². The monoisotopic (exact) mass is 256 g/mol. The maximum Gasteiger partial charge on any atom is 0.306 e. The molecule has 2 atom stereocenters. The first-order valence-electron chi connectivity index (χ1n) is 6.54. The summed E-state index contributed by atoms with van der Waals surface area (Å²) in [6.45, 7) is 1.70. The smallest absolute Gasteiger partial charge is 0.306 e. The van der Waals surface area contributed by atoms with Crippen LogP contribution in [-0.2, 0) is 9.59 Å². The fourth-order valence-electron chi connectivity index (χ4n) is 2.48. The van der Waals surface area contributed by atoms with Crippen LogP contribution >= 0.6 is 0 Å². The molecule has 5 nitrogen and oxygen atoms in total. The Morgan fingerprint density at radius 1 is 1.11 bits per heavy atom. The molecule has 1 rings (SSSR count). The Hall–Kier alpha value is -1.10. The Kier molecular flexibility index (Phi) is 5.59. The summed E-state index contributed by atoms with van der Waals surface area (Å²) in [5, 5.41) is 8.92. The predicted molar refractivity (Wildman–Crippen MR) is 69.3 cm³/mol. The van der Waals surface area contributed by atoms with E-state index in [2.05, 4.69) is 4.90 Å². The molecule has 18 heavy (non-hydrogen) atoms. The predicted octanol–water partition coefficient (Wildman–Crippen LogP) is 0.897. The van der Waals surface area contributed by atoms with Crippen molar-refractivity contribution in [2.75, 3.05) is 34.2 Å². The third-order valence-corrected chi connectivity index (χ3v) is 3.61. The van der Waals surface area contributed by atoms with Gasteiger partial charge >= 0.3 is 5.97 Å². The van der Waals surface area contributed by atoms with Crippen molar-refractivity contribution in [3.8, 4) is 0 Å². The summed E-state index contributed by atoms with van der Waals surface area (Å²) in [6.07, 6.45) is 2.81. The number of carbonyl (C=O) groups is 2. The van der Waals surface area contributed by atoms with Crippen molar-refractivity contribution in [2.45, 2.75) is 25.7 Å². The van der Waals surface area contributed by atoms with E-state index in [0.717, 1.165) is 19.5 Å². The standard InChI is InChI=1S/C13H24N2O3/c1-14(2)7-4-8-15(3)12(16)10-5-6-11(9-10)13(17)18/h10-11H,4-9H2,1-3H3,(H,17,18)/t10-,11+/m1/s1. The minimum Gasteiger partial charge on any atom is -0.481 e. The van der Waals surface area contributed by atoms with Gasteiger partial charge in [-0.25, -0.2) is 0 Å². The molecule has 0 aromatic heterocycles. The highest BCUT2D eigenvalue weighted by molar-refractivity contribution is 5.80. The van der Waals surface area contributed by atoms with Gasteiger partial charge in [0.15, 0.2) is 0 Å². The average Bonchev–Trinajstić information content (AvgIpc) is 2.76. The summed E-state index contributed by atoms with van der Waals surface area (Å²) < 4.78 is 0. The van der Waals surface area contributed by atoms with Gasteiger partial charge in [0.05, 0.1) is 5.92 Å². The van der Waals surface area contributed by atoms with Crippen molar-refractivity contribution in [3.63, 3.8) is 0 Å². The van der Waals surface area contributed by atoms with Crippen LogP contribution in [0.5, 0.6) is 0 Å². The quantitative estimate of drug-likeness (QED) is 0.767. The highest BCUT2D eigenvalue weighted by atomic mass is 16.4. The van der Waals surface area contributed by atoms with E-state index in [1.54, 1.807) is 4.90 Å². The van der Waals surface area contributed by atoms with Crippen LogP contribution in [0.4, 0.5) is 0 Å². The van der Waals surface area contributed by atoms with Crippen LogP contribution in [0.1, 0.15) is 25.7 Å². The molecule has 1 aliphatic carbocycles. The molecule has 5 heteroatoms. The highest BCUT2D eigenvalue weighted by Gasteiger charge is 2.34. The van der Waals surface area contributed by atoms with Gasteiger partial charge in [0.2, 0.25) is 5.91 Å². The third kappa shape index (κ3) is 4.29. The largest absolute Gasteiger partial charge is 0.481 e. The molecule has 0 spiro atoms. The van der Waals surface area contributed by atoms with Gasteiger partial charge in [-0.05, 0) is 46.3 Å². The van der Waals surface area contributed by atoms with Crippen molar-refractivity contribution in [1.29, 1.82) is 0 Å². The van der Waals surface area contributed by atoms with E-state index >= 15 is 0 Å². The van der Waals surface area contributed by atoms with Gasteiger partial charge < -0.3 is 14.9 Å². The van der Waals surface area contributed by atoms with Crippen LogP contribution in [-0.4, -0.2) is 61.0 Å². The second-order valence-corrected chi connectivity index (χ2v) is 5.46. The average molecular weight is 256 g/mol. The molecule has 1 N–H and O–H groups in total. The minimum atomic E-state index is -0.763. The van der Waals surface area contributed by atoms with E-state index in [9.17, 15) is 9.59 Å². The number of nitrogens with zero attached hydrogens (tertiary/aromatic N) is 2. The number of hydrogen-bond donors (Lipinski definition) is 1. The number of carboxylic acid groups (broad SMARTS) is 1. The molecular weight excluding hydrogens is 232 g/mol. The summed E-state index contributed by atoms with van der Waals surface area (Å²) in [4.78, 5) is 26.8. The molecule has 0 unspecified atom stereocenters. The van der Waals surface area contributed by atoms with Gasteiger partial charge in [-0.2, -0.15) is 0 Å². The zero-order chi connectivity index (χ0) is 13.7. The van der Waals surface area contributed by atoms with Gasteiger partial charge in [-0.15, -0.1) is 0 Å². The van der Waals surface area contributed by atoms with Crippen LogP contribution in [0.3, 0.4) is 0 Å². The number of amides is 1. The molecule has 1 amide bonds. The zero-order valence-corrected chi connectivity index (χ0v) is 11.6. The Morgan fingerprint density at radius 3 is 2.22 bits per heavy atom. The van der Waals surface area contributed by atoms with Gasteiger partial charge in [0, 0.05) is 19.5 Å². The van der Waals surface area contributed by atoms with Crippen LogP contribution in [0, 0.1) is 11.8 Å². The molecule has 0 aromatic carbocycles. The van der Waals surface area contributed by atoms with E-state index in [0.29, 0.717) is 19.3 Å². The number of aliphatic carboxylic acids is 1. The Bertz CT molecular complexity index is 305. The molecule has 0 radical (unpaired) electrons. The summed E-state index contributed by atoms with van der Waals surface area (Å²) >= 11 is 0. The molecule has 0 saturated heterocycles. The summed E-state index contributed by atoms with van der Waals surface area (Å²) in [5.74, 6) is -1.07. The Labute approximate surface area is 109 Å². The molecule has 1 aliphatic rings. The van der Waals surface area contributed by atoms with E-state index in [1.165, 1.54) is 0 Å². The summed E-state index contributed by atoms with van der Waals surface area (Å²) in [5.41, 5.74) is 0. The Morgan fingerprint density at radius 2 is 1.72 bits per heavy atom. The minimum absolute atomic E-state index is 0.0875. The fourth-order valence-corrected chi connectivity index (χ4v) is 2.48. The first-order chi connectivity index (χ1) is 8.41. The first kappa shape index (κ1) is 15.0.